The molecule has 0 radical (unpaired) electrons. The Kier molecular flexibility index (Phi) is 2.77. The number of nitrogens with zero attached hydrogens (tertiary/aromatic N) is 4. The second-order valence-electron chi connectivity index (χ2n) is 3.77. The molecular formula is C12H10N6O. The molecule has 0 spiro atoms. The molecule has 0 fully saturated rings. The molecular weight excluding hydrogens is 244 g/mol. The third kappa shape index (κ3) is 2.34. The summed E-state index contributed by atoms with van der Waals surface area (Å²) in [5, 5.41) is 2.63. The number of hydrogen-bond acceptors (Lipinski definition) is 4. The van der Waals surface area contributed by atoms with Gasteiger partial charge in [0.15, 0.2) is 0 Å². The third-order valence-electron chi connectivity index (χ3n) is 2.51. The van der Waals surface area contributed by atoms with Crippen molar-refractivity contribution in [3.63, 3.8) is 0 Å². The van der Waals surface area contributed by atoms with Crippen LogP contribution in [0.4, 0.5) is 5.95 Å². The highest BCUT2D eigenvalue weighted by Crippen LogP contribution is 2.07. The molecule has 94 valence electrons. The van der Waals surface area contributed by atoms with Crippen LogP contribution >= 0.6 is 0 Å². The molecule has 0 bridgehead atoms. The van der Waals surface area contributed by atoms with Gasteiger partial charge in [0.05, 0.1) is 5.56 Å². The first-order valence-electron chi connectivity index (χ1n) is 5.58. The molecule has 0 aliphatic rings. The van der Waals surface area contributed by atoms with Gasteiger partial charge in [-0.1, -0.05) is 0 Å². The van der Waals surface area contributed by atoms with E-state index in [0.717, 1.165) is 0 Å². The van der Waals surface area contributed by atoms with E-state index in [4.69, 9.17) is 0 Å². The fourth-order valence-electron chi connectivity index (χ4n) is 1.58. The summed E-state index contributed by atoms with van der Waals surface area (Å²) in [4.78, 5) is 26.7. The molecule has 19 heavy (non-hydrogen) atoms. The quantitative estimate of drug-likeness (QED) is 0.736. The van der Waals surface area contributed by atoms with Crippen molar-refractivity contribution >= 4 is 11.9 Å². The number of rotatable bonds is 3. The summed E-state index contributed by atoms with van der Waals surface area (Å²) in [6.45, 7) is 0. The third-order valence-corrected chi connectivity index (χ3v) is 2.51. The van der Waals surface area contributed by atoms with Gasteiger partial charge in [-0.15, -0.1) is 0 Å². The predicted octanol–water partition coefficient (Wildman–Crippen LogP) is 1.24. The van der Waals surface area contributed by atoms with Crippen LogP contribution in [0.1, 0.15) is 10.4 Å². The molecule has 2 N–H and O–H groups in total. The van der Waals surface area contributed by atoms with Crippen molar-refractivity contribution in [1.82, 2.24) is 24.5 Å². The van der Waals surface area contributed by atoms with Crippen LogP contribution in [0.5, 0.6) is 0 Å². The topological polar surface area (TPSA) is 88.5 Å². The Balaban J connectivity index is 1.77. The van der Waals surface area contributed by atoms with Crippen LogP contribution in [0.25, 0.3) is 5.82 Å². The molecule has 3 heterocycles. The van der Waals surface area contributed by atoms with Gasteiger partial charge < -0.3 is 4.98 Å². The lowest BCUT2D eigenvalue weighted by Gasteiger charge is -2.03. The van der Waals surface area contributed by atoms with Crippen molar-refractivity contribution < 1.29 is 4.79 Å². The van der Waals surface area contributed by atoms with E-state index in [-0.39, 0.29) is 5.91 Å². The number of aromatic nitrogens is 5. The average Bonchev–Trinajstić information content (AvgIpc) is 3.12. The van der Waals surface area contributed by atoms with Crippen LogP contribution in [0.2, 0.25) is 0 Å². The van der Waals surface area contributed by atoms with E-state index in [1.54, 1.807) is 47.8 Å². The Morgan fingerprint density at radius 2 is 2.21 bits per heavy atom. The molecule has 0 unspecified atom stereocenters. The minimum Gasteiger partial charge on any atom is -0.331 e. The number of aromatic amines is 1. The van der Waals surface area contributed by atoms with Gasteiger partial charge in [-0.3, -0.25) is 14.7 Å². The van der Waals surface area contributed by atoms with E-state index in [0.29, 0.717) is 17.3 Å². The van der Waals surface area contributed by atoms with E-state index in [1.165, 1.54) is 6.20 Å². The monoisotopic (exact) mass is 254 g/mol. The number of nitrogens with one attached hydrogen (secondary N) is 2. The summed E-state index contributed by atoms with van der Waals surface area (Å²) in [7, 11) is 0. The lowest BCUT2D eigenvalue weighted by atomic mass is 10.2. The maximum absolute atomic E-state index is 11.9. The number of amides is 1. The number of anilines is 1. The van der Waals surface area contributed by atoms with Gasteiger partial charge in [-0.2, -0.15) is 0 Å². The molecule has 3 aromatic rings. The van der Waals surface area contributed by atoms with Gasteiger partial charge in [-0.05, 0) is 12.1 Å². The standard InChI is InChI=1S/C12H10N6O/c19-11(17-12-14-3-4-15-12)9-1-2-10(16-7-9)18-6-5-13-8-18/h1-8H,(H2,14,15,17,19). The number of carbonyl (C=O) groups is 1. The summed E-state index contributed by atoms with van der Waals surface area (Å²) in [5.74, 6) is 0.843. The fourth-order valence-corrected chi connectivity index (χ4v) is 1.58. The van der Waals surface area contributed by atoms with Gasteiger partial charge in [0.2, 0.25) is 5.95 Å². The number of pyridine rings is 1. The summed E-state index contributed by atoms with van der Waals surface area (Å²) < 4.78 is 1.76. The molecule has 7 heteroatoms. The minimum absolute atomic E-state index is 0.264. The second-order valence-corrected chi connectivity index (χ2v) is 3.77. The van der Waals surface area contributed by atoms with Gasteiger partial charge in [0, 0.05) is 31.0 Å². The number of imidazole rings is 2. The summed E-state index contributed by atoms with van der Waals surface area (Å²) in [6, 6.07) is 3.44. The van der Waals surface area contributed by atoms with Crippen LogP contribution in [0.3, 0.4) is 0 Å². The number of H-pyrrole nitrogens is 1. The molecule has 7 nitrogen and oxygen atoms in total. The van der Waals surface area contributed by atoms with Crippen LogP contribution < -0.4 is 5.32 Å². The Bertz CT molecular complexity index is 657. The minimum atomic E-state index is -0.264. The van der Waals surface area contributed by atoms with Crippen molar-refractivity contribution in [3.05, 3.63) is 55.0 Å². The normalized spacial score (nSPS) is 10.3. The van der Waals surface area contributed by atoms with Gasteiger partial charge in [0.1, 0.15) is 12.1 Å². The zero-order valence-electron chi connectivity index (χ0n) is 9.82. The molecule has 3 rings (SSSR count). The van der Waals surface area contributed by atoms with Crippen LogP contribution in [0.15, 0.2) is 49.4 Å². The molecule has 0 aliphatic heterocycles. The van der Waals surface area contributed by atoms with Crippen molar-refractivity contribution in [1.29, 1.82) is 0 Å². The average molecular weight is 254 g/mol. The largest absolute Gasteiger partial charge is 0.331 e. The van der Waals surface area contributed by atoms with E-state index in [1.807, 2.05) is 0 Å². The van der Waals surface area contributed by atoms with Crippen LogP contribution in [-0.4, -0.2) is 30.4 Å². The Morgan fingerprint density at radius 1 is 1.26 bits per heavy atom. The molecule has 0 aromatic carbocycles. The molecule has 3 aromatic heterocycles. The smallest absolute Gasteiger partial charge is 0.259 e. The Labute approximate surface area is 108 Å². The second kappa shape index (κ2) is 4.73. The highest BCUT2D eigenvalue weighted by atomic mass is 16.1. The number of hydrogen-bond donors (Lipinski definition) is 2. The van der Waals surface area contributed by atoms with E-state index in [2.05, 4.69) is 25.3 Å². The lowest BCUT2D eigenvalue weighted by molar-refractivity contribution is 0.102. The predicted molar refractivity (Wildman–Crippen MR) is 67.9 cm³/mol. The van der Waals surface area contributed by atoms with Crippen molar-refractivity contribution in [3.8, 4) is 5.82 Å². The van der Waals surface area contributed by atoms with Gasteiger partial charge >= 0.3 is 0 Å². The Morgan fingerprint density at radius 3 is 2.84 bits per heavy atom. The first-order valence-corrected chi connectivity index (χ1v) is 5.58. The summed E-state index contributed by atoms with van der Waals surface area (Å²) >= 11 is 0. The fraction of sp³-hybridized carbons (Fsp3) is 0. The highest BCUT2D eigenvalue weighted by Gasteiger charge is 2.08. The van der Waals surface area contributed by atoms with E-state index in [9.17, 15) is 4.79 Å². The van der Waals surface area contributed by atoms with E-state index >= 15 is 0 Å². The highest BCUT2D eigenvalue weighted by molar-refractivity contribution is 6.03. The zero-order valence-corrected chi connectivity index (χ0v) is 9.82. The first kappa shape index (κ1) is 11.1. The molecule has 0 atom stereocenters. The van der Waals surface area contributed by atoms with Crippen LogP contribution in [0, 0.1) is 0 Å². The van der Waals surface area contributed by atoms with Crippen LogP contribution in [-0.2, 0) is 0 Å². The SMILES string of the molecule is O=C(Nc1ncc[nH]1)c1ccc(-n2ccnc2)nc1. The maximum atomic E-state index is 11.9. The van der Waals surface area contributed by atoms with Crippen molar-refractivity contribution in [2.24, 2.45) is 0 Å². The summed E-state index contributed by atoms with van der Waals surface area (Å²) in [6.07, 6.45) is 9.80. The van der Waals surface area contributed by atoms with Crippen molar-refractivity contribution in [2.75, 3.05) is 5.32 Å². The molecule has 1 amide bonds. The molecule has 0 saturated heterocycles. The van der Waals surface area contributed by atoms with E-state index < -0.39 is 0 Å². The first-order chi connectivity index (χ1) is 9.33. The van der Waals surface area contributed by atoms with Crippen molar-refractivity contribution in [2.45, 2.75) is 0 Å². The zero-order chi connectivity index (χ0) is 13.1. The number of carbonyl (C=O) groups excluding carboxylic acids is 1. The maximum Gasteiger partial charge on any atom is 0.259 e. The Hall–Kier alpha value is -2.96. The summed E-state index contributed by atoms with van der Waals surface area (Å²) in [5.41, 5.74) is 0.459. The lowest BCUT2D eigenvalue weighted by Crippen LogP contribution is -2.13. The van der Waals surface area contributed by atoms with Gasteiger partial charge in [0.25, 0.3) is 5.91 Å². The molecule has 0 saturated carbocycles. The van der Waals surface area contributed by atoms with Gasteiger partial charge in [-0.25, -0.2) is 15.0 Å². The molecule has 0 aliphatic carbocycles.